The van der Waals surface area contributed by atoms with Crippen LogP contribution in [0.3, 0.4) is 0 Å². The normalized spacial score (nSPS) is 15.9. The number of benzene rings is 3. The summed E-state index contributed by atoms with van der Waals surface area (Å²) in [4.78, 5) is 19.5. The van der Waals surface area contributed by atoms with Crippen molar-refractivity contribution in [2.45, 2.75) is 19.4 Å². The Morgan fingerprint density at radius 1 is 1.06 bits per heavy atom. The minimum absolute atomic E-state index is 0.217. The molecule has 0 bridgehead atoms. The lowest BCUT2D eigenvalue weighted by atomic mass is 9.94. The van der Waals surface area contributed by atoms with Crippen molar-refractivity contribution in [3.8, 4) is 11.4 Å². The van der Waals surface area contributed by atoms with Crippen LogP contribution in [0.4, 0.5) is 9.18 Å². The molecule has 1 atom stereocenters. The third-order valence-corrected chi connectivity index (χ3v) is 6.24. The van der Waals surface area contributed by atoms with Crippen molar-refractivity contribution in [3.63, 3.8) is 0 Å². The molecule has 5 rings (SSSR count). The van der Waals surface area contributed by atoms with E-state index in [1.165, 1.54) is 12.1 Å². The maximum absolute atomic E-state index is 13.4. The van der Waals surface area contributed by atoms with Crippen LogP contribution in [-0.2, 0) is 6.42 Å². The molecule has 1 N–H and O–H groups in total. The van der Waals surface area contributed by atoms with E-state index in [1.54, 1.807) is 29.2 Å². The lowest BCUT2D eigenvalue weighted by Crippen LogP contribution is -2.46. The average molecular weight is 489 g/mol. The van der Waals surface area contributed by atoms with Crippen LogP contribution < -0.4 is 5.32 Å². The largest absolute Gasteiger partial charge is 0.334 e. The summed E-state index contributed by atoms with van der Waals surface area (Å²) in [6, 6.07) is 22.4. The molecule has 1 aromatic heterocycles. The van der Waals surface area contributed by atoms with Gasteiger partial charge in [0.2, 0.25) is 5.82 Å². The molecule has 3 aromatic carbocycles. The van der Waals surface area contributed by atoms with Gasteiger partial charge in [0.25, 0.3) is 5.89 Å². The Bertz CT molecular complexity index is 1390. The number of halogens is 2. The second-order valence-corrected chi connectivity index (χ2v) is 8.69. The van der Waals surface area contributed by atoms with E-state index in [0.717, 1.165) is 11.1 Å². The molecule has 4 aromatic rings. The highest BCUT2D eigenvalue weighted by atomic mass is 35.5. The van der Waals surface area contributed by atoms with E-state index in [1.807, 2.05) is 49.4 Å². The Kier molecular flexibility index (Phi) is 6.33. The summed E-state index contributed by atoms with van der Waals surface area (Å²) >= 11 is 6.25. The molecular weight excluding hydrogens is 467 g/mol. The first-order valence-corrected chi connectivity index (χ1v) is 11.6. The molecular formula is C27H22ClFN4O2. The summed E-state index contributed by atoms with van der Waals surface area (Å²) in [5.74, 6) is 0.260. The van der Waals surface area contributed by atoms with Gasteiger partial charge in [0.05, 0.1) is 11.6 Å². The standard InChI is InChI=1S/C27H22ClFN4O2/c1-17-23(26-31-25(32-35-26)19-10-12-22(29)13-11-19)24(20-8-5-9-21(28)16-20)30-27(34)33(17)15-14-18-6-3-2-4-7-18/h2-13,16,24H,14-15H2,1H3,(H,30,34). The third-order valence-electron chi connectivity index (χ3n) is 6.00. The second-order valence-electron chi connectivity index (χ2n) is 8.25. The minimum atomic E-state index is -0.532. The lowest BCUT2D eigenvalue weighted by Gasteiger charge is -2.35. The van der Waals surface area contributed by atoms with E-state index in [-0.39, 0.29) is 17.7 Å². The molecule has 0 spiro atoms. The molecule has 0 saturated heterocycles. The number of rotatable bonds is 6. The number of amides is 2. The van der Waals surface area contributed by atoms with Gasteiger partial charge in [-0.15, -0.1) is 0 Å². The van der Waals surface area contributed by atoms with E-state index in [9.17, 15) is 9.18 Å². The average Bonchev–Trinajstić information content (AvgIpc) is 3.34. The van der Waals surface area contributed by atoms with Crippen LogP contribution in [0.2, 0.25) is 5.02 Å². The molecule has 1 aliphatic rings. The van der Waals surface area contributed by atoms with Gasteiger partial charge in [-0.2, -0.15) is 4.98 Å². The number of aromatic nitrogens is 2. The quantitative estimate of drug-likeness (QED) is 0.347. The molecule has 2 heterocycles. The summed E-state index contributed by atoms with van der Waals surface area (Å²) in [5.41, 5.74) is 3.94. The van der Waals surface area contributed by atoms with Gasteiger partial charge in [-0.25, -0.2) is 9.18 Å². The van der Waals surface area contributed by atoms with Crippen LogP contribution in [0.25, 0.3) is 17.0 Å². The Balaban J connectivity index is 1.55. The molecule has 6 nitrogen and oxygen atoms in total. The van der Waals surface area contributed by atoms with Gasteiger partial charge in [0, 0.05) is 22.8 Å². The Morgan fingerprint density at radius 3 is 2.57 bits per heavy atom. The lowest BCUT2D eigenvalue weighted by molar-refractivity contribution is 0.205. The minimum Gasteiger partial charge on any atom is -0.334 e. The van der Waals surface area contributed by atoms with E-state index in [4.69, 9.17) is 16.1 Å². The van der Waals surface area contributed by atoms with Gasteiger partial charge in [-0.1, -0.05) is 59.2 Å². The Morgan fingerprint density at radius 2 is 1.83 bits per heavy atom. The number of carbonyl (C=O) groups excluding carboxylic acids is 1. The van der Waals surface area contributed by atoms with Gasteiger partial charge in [0.1, 0.15) is 5.82 Å². The van der Waals surface area contributed by atoms with Gasteiger partial charge in [-0.3, -0.25) is 4.90 Å². The van der Waals surface area contributed by atoms with E-state index in [2.05, 4.69) is 15.5 Å². The fraction of sp³-hybridized carbons (Fsp3) is 0.148. The van der Waals surface area contributed by atoms with Crippen LogP contribution in [-0.4, -0.2) is 27.6 Å². The molecule has 0 radical (unpaired) electrons. The first kappa shape index (κ1) is 22.8. The number of hydrogen-bond donors (Lipinski definition) is 1. The van der Waals surface area contributed by atoms with Crippen LogP contribution >= 0.6 is 11.6 Å². The van der Waals surface area contributed by atoms with Gasteiger partial charge >= 0.3 is 6.03 Å². The zero-order valence-corrected chi connectivity index (χ0v) is 19.7. The molecule has 35 heavy (non-hydrogen) atoms. The van der Waals surface area contributed by atoms with Crippen LogP contribution in [0.15, 0.2) is 89.1 Å². The Labute approximate surface area is 207 Å². The Hall–Kier alpha value is -3.97. The van der Waals surface area contributed by atoms with Crippen LogP contribution in [0, 0.1) is 5.82 Å². The zero-order valence-electron chi connectivity index (χ0n) is 18.9. The van der Waals surface area contributed by atoms with Crippen molar-refractivity contribution in [1.29, 1.82) is 0 Å². The highest BCUT2D eigenvalue weighted by molar-refractivity contribution is 6.30. The summed E-state index contributed by atoms with van der Waals surface area (Å²) in [7, 11) is 0. The molecule has 0 fully saturated rings. The van der Waals surface area contributed by atoms with Crippen molar-refractivity contribution < 1.29 is 13.7 Å². The molecule has 8 heteroatoms. The molecule has 1 aliphatic heterocycles. The summed E-state index contributed by atoms with van der Waals surface area (Å²) in [5, 5.41) is 7.74. The number of carbonyl (C=O) groups is 1. The van der Waals surface area contributed by atoms with Crippen molar-refractivity contribution in [2.75, 3.05) is 6.54 Å². The summed E-state index contributed by atoms with van der Waals surface area (Å²) < 4.78 is 19.0. The van der Waals surface area contributed by atoms with Crippen molar-refractivity contribution >= 4 is 23.2 Å². The summed E-state index contributed by atoms with van der Waals surface area (Å²) in [6.07, 6.45) is 0.686. The van der Waals surface area contributed by atoms with E-state index in [0.29, 0.717) is 40.6 Å². The number of nitrogens with zero attached hydrogens (tertiary/aromatic N) is 3. The fourth-order valence-corrected chi connectivity index (χ4v) is 4.40. The maximum atomic E-state index is 13.4. The number of allylic oxidation sites excluding steroid dienone is 1. The fourth-order valence-electron chi connectivity index (χ4n) is 4.20. The molecule has 1 unspecified atom stereocenters. The van der Waals surface area contributed by atoms with Gasteiger partial charge in [0.15, 0.2) is 0 Å². The van der Waals surface area contributed by atoms with E-state index < -0.39 is 6.04 Å². The van der Waals surface area contributed by atoms with Crippen molar-refractivity contribution in [1.82, 2.24) is 20.4 Å². The van der Waals surface area contributed by atoms with Crippen molar-refractivity contribution in [3.05, 3.63) is 112 Å². The predicted molar refractivity (Wildman–Crippen MR) is 132 cm³/mol. The molecule has 176 valence electrons. The second kappa shape index (κ2) is 9.72. The number of nitrogens with one attached hydrogen (secondary N) is 1. The highest BCUT2D eigenvalue weighted by Crippen LogP contribution is 2.38. The number of urea groups is 1. The molecule has 0 saturated carbocycles. The van der Waals surface area contributed by atoms with Crippen LogP contribution in [0.5, 0.6) is 0 Å². The van der Waals surface area contributed by atoms with Crippen molar-refractivity contribution in [2.24, 2.45) is 0 Å². The highest BCUT2D eigenvalue weighted by Gasteiger charge is 2.35. The zero-order chi connectivity index (χ0) is 24.4. The maximum Gasteiger partial charge on any atom is 0.322 e. The van der Waals surface area contributed by atoms with Gasteiger partial charge in [-0.05, 0) is 60.9 Å². The predicted octanol–water partition coefficient (Wildman–Crippen LogP) is 6.27. The monoisotopic (exact) mass is 488 g/mol. The number of hydrogen-bond acceptors (Lipinski definition) is 4. The molecule has 0 aliphatic carbocycles. The van der Waals surface area contributed by atoms with Gasteiger partial charge < -0.3 is 9.84 Å². The molecule has 2 amide bonds. The van der Waals surface area contributed by atoms with Crippen LogP contribution in [0.1, 0.15) is 30.0 Å². The summed E-state index contributed by atoms with van der Waals surface area (Å²) in [6.45, 7) is 2.35. The smallest absolute Gasteiger partial charge is 0.322 e. The van der Waals surface area contributed by atoms with E-state index >= 15 is 0 Å². The first-order chi connectivity index (χ1) is 17.0. The SMILES string of the molecule is CC1=C(c2nc(-c3ccc(F)cc3)no2)C(c2cccc(Cl)c2)NC(=O)N1CCc1ccccc1. The first-order valence-electron chi connectivity index (χ1n) is 11.2. The topological polar surface area (TPSA) is 71.3 Å². The third kappa shape index (κ3) is 4.81.